The minimum Gasteiger partial charge on any atom is -0.506 e. The number of hydrogen-bond acceptors (Lipinski definition) is 5. The van der Waals surface area contributed by atoms with E-state index in [2.05, 4.69) is 10.6 Å². The molecule has 2 aromatic rings. The Morgan fingerprint density at radius 2 is 1.86 bits per heavy atom. The van der Waals surface area contributed by atoms with Gasteiger partial charge in [-0.2, -0.15) is 8.42 Å². The van der Waals surface area contributed by atoms with Crippen molar-refractivity contribution in [2.45, 2.75) is 13.5 Å². The highest BCUT2D eigenvalue weighted by Crippen LogP contribution is 2.35. The third-order valence-corrected chi connectivity index (χ3v) is 5.28. The number of amides is 2. The number of carbonyl (C=O) groups excluding carboxylic acids is 1. The summed E-state index contributed by atoms with van der Waals surface area (Å²) in [7, 11) is -4.02. The Morgan fingerprint density at radius 1 is 1.11 bits per heavy atom. The van der Waals surface area contributed by atoms with Crippen LogP contribution < -0.4 is 19.7 Å². The lowest BCUT2D eigenvalue weighted by atomic mass is 10.0. The minimum absolute atomic E-state index is 0.0000911. The van der Waals surface area contributed by atoms with Gasteiger partial charge in [0.25, 0.3) is 0 Å². The predicted octanol–water partition coefficient (Wildman–Crippen LogP) is 1.89. The molecule has 0 radical (unpaired) electrons. The van der Waals surface area contributed by atoms with Crippen molar-refractivity contribution in [1.82, 2.24) is 15.4 Å². The van der Waals surface area contributed by atoms with Gasteiger partial charge >= 0.3 is 16.2 Å². The molecule has 0 atom stereocenters. The van der Waals surface area contributed by atoms with Gasteiger partial charge < -0.3 is 20.8 Å². The molecule has 2 aromatic carbocycles. The zero-order valence-electron chi connectivity index (χ0n) is 15.0. The number of aliphatic hydroxyl groups is 1. The molecule has 1 aliphatic heterocycles. The molecule has 1 heterocycles. The molecule has 0 unspecified atom stereocenters. The first-order valence-corrected chi connectivity index (χ1v) is 9.91. The number of nitrogens with zero attached hydrogens (tertiary/aromatic N) is 1. The first-order valence-electron chi connectivity index (χ1n) is 8.47. The largest absolute Gasteiger partial charge is 0.506 e. The highest BCUT2D eigenvalue weighted by molar-refractivity contribution is 7.91. The van der Waals surface area contributed by atoms with E-state index in [4.69, 9.17) is 0 Å². The van der Waals surface area contributed by atoms with Gasteiger partial charge in [0.15, 0.2) is 0 Å². The summed E-state index contributed by atoms with van der Waals surface area (Å²) in [4.78, 5) is 11.5. The standard InChI is InChI=1S/C18H20N4O5S/c1-2-19-18(25)20-10-12-4-3-5-13(8-12)14-6-7-16(23)15(9-14)22-11-17(24)21-28(22,26)27/h3-9,11,21,23-24H,2,10H2,1H3,(H2,19,20,25). The van der Waals surface area contributed by atoms with E-state index in [0.717, 1.165) is 21.6 Å². The molecule has 1 aliphatic rings. The van der Waals surface area contributed by atoms with Gasteiger partial charge in [0.05, 0.1) is 6.20 Å². The SMILES string of the molecule is CCNC(=O)NCc1cccc(-c2ccc(O)c(N3C=C(O)NS3(=O)=O)c2)c1. The number of anilines is 1. The van der Waals surface area contributed by atoms with Gasteiger partial charge in [0, 0.05) is 13.1 Å². The van der Waals surface area contributed by atoms with Crippen LogP contribution in [0.25, 0.3) is 11.1 Å². The van der Waals surface area contributed by atoms with Crippen LogP contribution in [-0.2, 0) is 16.8 Å². The van der Waals surface area contributed by atoms with Crippen molar-refractivity contribution >= 4 is 21.9 Å². The molecular formula is C18H20N4O5S. The van der Waals surface area contributed by atoms with E-state index in [0.29, 0.717) is 18.7 Å². The van der Waals surface area contributed by atoms with E-state index in [-0.39, 0.29) is 17.5 Å². The predicted molar refractivity (Wildman–Crippen MR) is 105 cm³/mol. The number of aromatic hydroxyl groups is 1. The van der Waals surface area contributed by atoms with E-state index < -0.39 is 16.1 Å². The Balaban J connectivity index is 1.89. The van der Waals surface area contributed by atoms with Crippen molar-refractivity contribution in [1.29, 1.82) is 0 Å². The fraction of sp³-hybridized carbons (Fsp3) is 0.167. The van der Waals surface area contributed by atoms with Gasteiger partial charge in [-0.3, -0.25) is 0 Å². The molecule has 9 nitrogen and oxygen atoms in total. The third kappa shape index (κ3) is 4.12. The average Bonchev–Trinajstić information content (AvgIpc) is 2.93. The molecule has 0 aromatic heterocycles. The molecule has 5 N–H and O–H groups in total. The molecule has 148 valence electrons. The minimum atomic E-state index is -4.02. The Morgan fingerprint density at radius 3 is 2.54 bits per heavy atom. The van der Waals surface area contributed by atoms with Crippen molar-refractivity contribution in [2.24, 2.45) is 0 Å². The summed E-state index contributed by atoms with van der Waals surface area (Å²) < 4.78 is 26.8. The molecule has 0 saturated heterocycles. The van der Waals surface area contributed by atoms with Gasteiger partial charge in [-0.15, -0.1) is 0 Å². The Hall–Kier alpha value is -3.40. The van der Waals surface area contributed by atoms with Crippen LogP contribution in [0.4, 0.5) is 10.5 Å². The Labute approximate surface area is 162 Å². The van der Waals surface area contributed by atoms with Gasteiger partial charge in [0.2, 0.25) is 5.88 Å². The number of aliphatic hydroxyl groups excluding tert-OH is 1. The topological polar surface area (TPSA) is 131 Å². The number of hydrogen-bond donors (Lipinski definition) is 5. The number of nitrogens with one attached hydrogen (secondary N) is 3. The highest BCUT2D eigenvalue weighted by atomic mass is 32.2. The molecule has 2 amide bonds. The number of carbonyl (C=O) groups is 1. The second-order valence-electron chi connectivity index (χ2n) is 6.03. The van der Waals surface area contributed by atoms with Crippen molar-refractivity contribution in [3.8, 4) is 16.9 Å². The number of phenolic OH excluding ortho intramolecular Hbond substituents is 1. The van der Waals surface area contributed by atoms with E-state index in [9.17, 15) is 23.4 Å². The first kappa shape index (κ1) is 19.4. The third-order valence-electron chi connectivity index (χ3n) is 4.00. The van der Waals surface area contributed by atoms with Crippen LogP contribution in [0.5, 0.6) is 5.75 Å². The van der Waals surface area contributed by atoms with Crippen LogP contribution in [0.15, 0.2) is 54.5 Å². The second kappa shape index (κ2) is 7.69. The summed E-state index contributed by atoms with van der Waals surface area (Å²) in [6.07, 6.45) is 0.973. The van der Waals surface area contributed by atoms with Gasteiger partial charge in [0.1, 0.15) is 11.4 Å². The van der Waals surface area contributed by atoms with Crippen LogP contribution in [0.1, 0.15) is 12.5 Å². The van der Waals surface area contributed by atoms with E-state index in [1.807, 2.05) is 35.9 Å². The molecule has 0 spiro atoms. The zero-order valence-corrected chi connectivity index (χ0v) is 15.8. The summed E-state index contributed by atoms with van der Waals surface area (Å²) in [6, 6.07) is 11.6. The maximum Gasteiger partial charge on any atom is 0.330 e. The van der Waals surface area contributed by atoms with Crippen LogP contribution >= 0.6 is 0 Å². The lowest BCUT2D eigenvalue weighted by Gasteiger charge is -2.17. The number of benzene rings is 2. The molecule has 0 aliphatic carbocycles. The van der Waals surface area contributed by atoms with E-state index in [1.54, 1.807) is 6.07 Å². The molecule has 0 bridgehead atoms. The zero-order chi connectivity index (χ0) is 20.3. The van der Waals surface area contributed by atoms with Crippen molar-refractivity contribution < 1.29 is 23.4 Å². The van der Waals surface area contributed by atoms with Crippen molar-refractivity contribution in [3.05, 3.63) is 60.1 Å². The van der Waals surface area contributed by atoms with Crippen molar-refractivity contribution in [2.75, 3.05) is 10.8 Å². The summed E-state index contributed by atoms with van der Waals surface area (Å²) in [5, 5.41) is 25.0. The number of rotatable bonds is 5. The molecule has 10 heteroatoms. The average molecular weight is 404 g/mol. The highest BCUT2D eigenvalue weighted by Gasteiger charge is 2.30. The molecule has 0 saturated carbocycles. The van der Waals surface area contributed by atoms with Gasteiger partial charge in [-0.05, 0) is 41.8 Å². The van der Waals surface area contributed by atoms with Gasteiger partial charge in [-0.1, -0.05) is 24.3 Å². The lowest BCUT2D eigenvalue weighted by Crippen LogP contribution is -2.34. The number of urea groups is 1. The van der Waals surface area contributed by atoms with Gasteiger partial charge in [-0.25, -0.2) is 13.8 Å². The van der Waals surface area contributed by atoms with Crippen molar-refractivity contribution in [3.63, 3.8) is 0 Å². The molecule has 0 fully saturated rings. The normalized spacial score (nSPS) is 14.9. The maximum atomic E-state index is 12.1. The summed E-state index contributed by atoms with van der Waals surface area (Å²) in [5.41, 5.74) is 2.28. The first-order chi connectivity index (χ1) is 13.3. The Bertz CT molecular complexity index is 1040. The van der Waals surface area contributed by atoms with Crippen LogP contribution in [-0.4, -0.2) is 31.2 Å². The monoisotopic (exact) mass is 404 g/mol. The molecule has 28 heavy (non-hydrogen) atoms. The summed E-state index contributed by atoms with van der Waals surface area (Å²) in [5.74, 6) is -0.794. The number of phenols is 1. The molecule has 3 rings (SSSR count). The smallest absolute Gasteiger partial charge is 0.330 e. The summed E-state index contributed by atoms with van der Waals surface area (Å²) >= 11 is 0. The second-order valence-corrected chi connectivity index (χ2v) is 7.58. The Kier molecular flexibility index (Phi) is 5.32. The fourth-order valence-corrected chi connectivity index (χ4v) is 3.79. The van der Waals surface area contributed by atoms with Crippen LogP contribution in [0, 0.1) is 0 Å². The quantitative estimate of drug-likeness (QED) is 0.519. The summed E-state index contributed by atoms with van der Waals surface area (Å²) in [6.45, 7) is 2.68. The fourth-order valence-electron chi connectivity index (χ4n) is 2.73. The van der Waals surface area contributed by atoms with Crippen LogP contribution in [0.2, 0.25) is 0 Å². The van der Waals surface area contributed by atoms with Crippen LogP contribution in [0.3, 0.4) is 0 Å². The van der Waals surface area contributed by atoms with E-state index in [1.165, 1.54) is 12.1 Å². The maximum absolute atomic E-state index is 12.1. The lowest BCUT2D eigenvalue weighted by molar-refractivity contribution is 0.241. The molecular weight excluding hydrogens is 384 g/mol. The van der Waals surface area contributed by atoms with E-state index >= 15 is 0 Å².